The van der Waals surface area contributed by atoms with Gasteiger partial charge in [0.1, 0.15) is 0 Å². The van der Waals surface area contributed by atoms with Crippen LogP contribution >= 0.6 is 0 Å². The van der Waals surface area contributed by atoms with Crippen LogP contribution < -0.4 is 24.4 Å². The predicted molar refractivity (Wildman–Crippen MR) is 107 cm³/mol. The molecule has 0 bridgehead atoms. The first kappa shape index (κ1) is 19.5. The molecule has 0 aliphatic carbocycles. The van der Waals surface area contributed by atoms with Gasteiger partial charge in [0.05, 0.1) is 21.3 Å². The molecule has 0 spiro atoms. The molecular formula is C21H24N2O5. The van der Waals surface area contributed by atoms with Crippen molar-refractivity contribution in [3.05, 3.63) is 41.5 Å². The first-order valence-corrected chi connectivity index (χ1v) is 9.01. The van der Waals surface area contributed by atoms with E-state index < -0.39 is 0 Å². The van der Waals surface area contributed by atoms with Gasteiger partial charge >= 0.3 is 0 Å². The van der Waals surface area contributed by atoms with Gasteiger partial charge < -0.3 is 24.4 Å². The van der Waals surface area contributed by atoms with Gasteiger partial charge in [0.2, 0.25) is 11.7 Å². The van der Waals surface area contributed by atoms with Crippen LogP contribution in [0.3, 0.4) is 0 Å². The van der Waals surface area contributed by atoms with E-state index in [1.807, 2.05) is 18.2 Å². The predicted octanol–water partition coefficient (Wildman–Crippen LogP) is 3.26. The van der Waals surface area contributed by atoms with E-state index in [0.717, 1.165) is 24.1 Å². The molecule has 1 N–H and O–H groups in total. The molecule has 2 aromatic carbocycles. The van der Waals surface area contributed by atoms with Gasteiger partial charge in [-0.15, -0.1) is 0 Å². The van der Waals surface area contributed by atoms with E-state index in [2.05, 4.69) is 5.32 Å². The maximum atomic E-state index is 12.8. The quantitative estimate of drug-likeness (QED) is 0.856. The highest BCUT2D eigenvalue weighted by Crippen LogP contribution is 2.38. The lowest BCUT2D eigenvalue weighted by molar-refractivity contribution is -0.116. The van der Waals surface area contributed by atoms with Crippen LogP contribution in [0.25, 0.3) is 0 Å². The van der Waals surface area contributed by atoms with Crippen molar-refractivity contribution in [2.24, 2.45) is 0 Å². The number of benzene rings is 2. The van der Waals surface area contributed by atoms with Gasteiger partial charge in [0.15, 0.2) is 11.5 Å². The maximum Gasteiger partial charge on any atom is 0.255 e. The third kappa shape index (κ3) is 3.74. The molecule has 0 atom stereocenters. The number of carbonyl (C=O) groups excluding carboxylic acids is 2. The molecule has 0 radical (unpaired) electrons. The summed E-state index contributed by atoms with van der Waals surface area (Å²) < 4.78 is 15.9. The topological polar surface area (TPSA) is 77.1 Å². The Morgan fingerprint density at radius 3 is 2.25 bits per heavy atom. The minimum Gasteiger partial charge on any atom is -0.493 e. The van der Waals surface area contributed by atoms with Crippen molar-refractivity contribution in [3.8, 4) is 17.2 Å². The van der Waals surface area contributed by atoms with Crippen LogP contribution in [0, 0.1) is 0 Å². The minimum absolute atomic E-state index is 0.00551. The zero-order chi connectivity index (χ0) is 20.3. The number of hydrogen-bond donors (Lipinski definition) is 1. The van der Waals surface area contributed by atoms with Crippen molar-refractivity contribution in [1.82, 2.24) is 0 Å². The van der Waals surface area contributed by atoms with Gasteiger partial charge in [0.25, 0.3) is 5.91 Å². The number of fused-ring (bicyclic) bond motifs is 1. The van der Waals surface area contributed by atoms with E-state index in [-0.39, 0.29) is 11.8 Å². The van der Waals surface area contributed by atoms with E-state index in [1.165, 1.54) is 21.3 Å². The van der Waals surface area contributed by atoms with Crippen molar-refractivity contribution >= 4 is 23.2 Å². The molecule has 0 fully saturated rings. The number of carbonyl (C=O) groups is 2. The zero-order valence-corrected chi connectivity index (χ0v) is 16.5. The number of hydrogen-bond acceptors (Lipinski definition) is 5. The van der Waals surface area contributed by atoms with Gasteiger partial charge in [0, 0.05) is 30.4 Å². The molecule has 7 nitrogen and oxygen atoms in total. The average Bonchev–Trinajstić information content (AvgIpc) is 2.71. The van der Waals surface area contributed by atoms with Crippen LogP contribution in [0.15, 0.2) is 30.3 Å². The fourth-order valence-electron chi connectivity index (χ4n) is 3.39. The Kier molecular flexibility index (Phi) is 5.73. The summed E-state index contributed by atoms with van der Waals surface area (Å²) in [6.07, 6.45) is 1.85. The number of anilines is 2. The average molecular weight is 384 g/mol. The van der Waals surface area contributed by atoms with Crippen LogP contribution in [0.4, 0.5) is 11.4 Å². The Labute approximate surface area is 164 Å². The van der Waals surface area contributed by atoms with Crippen molar-refractivity contribution < 1.29 is 23.8 Å². The smallest absolute Gasteiger partial charge is 0.255 e. The molecule has 28 heavy (non-hydrogen) atoms. The Balaban J connectivity index is 1.90. The first-order valence-electron chi connectivity index (χ1n) is 9.01. The van der Waals surface area contributed by atoms with Crippen molar-refractivity contribution in [1.29, 1.82) is 0 Å². The molecule has 1 aliphatic rings. The lowest BCUT2D eigenvalue weighted by atomic mass is 10.0. The number of methoxy groups -OCH3 is 3. The molecule has 1 heterocycles. The van der Waals surface area contributed by atoms with E-state index >= 15 is 0 Å². The summed E-state index contributed by atoms with van der Waals surface area (Å²) in [7, 11) is 4.51. The normalized spacial score (nSPS) is 12.8. The number of nitrogens with zero attached hydrogens (tertiary/aromatic N) is 1. The van der Waals surface area contributed by atoms with Crippen molar-refractivity contribution in [2.45, 2.75) is 19.8 Å². The lowest BCUT2D eigenvalue weighted by Crippen LogP contribution is -2.33. The van der Waals surface area contributed by atoms with Gasteiger partial charge in [-0.05, 0) is 42.7 Å². The van der Waals surface area contributed by atoms with E-state index in [4.69, 9.17) is 14.2 Å². The molecule has 148 valence electrons. The summed E-state index contributed by atoms with van der Waals surface area (Å²) in [5.41, 5.74) is 2.94. The minimum atomic E-state index is -0.315. The Bertz CT molecular complexity index is 885. The van der Waals surface area contributed by atoms with Gasteiger partial charge in [-0.1, -0.05) is 6.07 Å². The lowest BCUT2D eigenvalue weighted by Gasteiger charge is -2.29. The molecule has 1 aliphatic heterocycles. The highest BCUT2D eigenvalue weighted by Gasteiger charge is 2.21. The van der Waals surface area contributed by atoms with Crippen LogP contribution in [-0.2, 0) is 11.2 Å². The fourth-order valence-corrected chi connectivity index (χ4v) is 3.39. The largest absolute Gasteiger partial charge is 0.493 e. The molecule has 3 rings (SSSR count). The van der Waals surface area contributed by atoms with Crippen molar-refractivity contribution in [3.63, 3.8) is 0 Å². The molecule has 0 unspecified atom stereocenters. The Morgan fingerprint density at radius 1 is 1.00 bits per heavy atom. The van der Waals surface area contributed by atoms with Crippen molar-refractivity contribution in [2.75, 3.05) is 38.1 Å². The van der Waals surface area contributed by atoms with Gasteiger partial charge in [-0.25, -0.2) is 0 Å². The standard InChI is InChI=1S/C21H24N2O5/c1-13(24)23-9-5-6-14-7-8-16(12-17(14)23)22-21(25)15-10-18(26-2)20(28-4)19(11-15)27-3/h7-8,10-12H,5-6,9H2,1-4H3,(H,22,25). The van der Waals surface area contributed by atoms with Crippen LogP contribution in [0.5, 0.6) is 17.2 Å². The molecule has 0 aromatic heterocycles. The van der Waals surface area contributed by atoms with Crippen LogP contribution in [-0.4, -0.2) is 39.7 Å². The number of ether oxygens (including phenoxy) is 3. The van der Waals surface area contributed by atoms with E-state index in [1.54, 1.807) is 24.0 Å². The second-order valence-electron chi connectivity index (χ2n) is 6.49. The highest BCUT2D eigenvalue weighted by molar-refractivity contribution is 6.05. The zero-order valence-electron chi connectivity index (χ0n) is 16.5. The Hall–Kier alpha value is -3.22. The number of amides is 2. The summed E-state index contributed by atoms with van der Waals surface area (Å²) in [6.45, 7) is 2.24. The molecule has 0 saturated carbocycles. The van der Waals surface area contributed by atoms with Crippen LogP contribution in [0.1, 0.15) is 29.3 Å². The first-order chi connectivity index (χ1) is 13.5. The fraction of sp³-hybridized carbons (Fsp3) is 0.333. The molecule has 2 aromatic rings. The number of nitrogens with one attached hydrogen (secondary N) is 1. The third-order valence-corrected chi connectivity index (χ3v) is 4.77. The highest BCUT2D eigenvalue weighted by atomic mass is 16.5. The second-order valence-corrected chi connectivity index (χ2v) is 6.49. The van der Waals surface area contributed by atoms with Gasteiger partial charge in [-0.2, -0.15) is 0 Å². The summed E-state index contributed by atoms with van der Waals surface area (Å²) in [5.74, 6) is 0.909. The van der Waals surface area contributed by atoms with Gasteiger partial charge in [-0.3, -0.25) is 9.59 Å². The third-order valence-electron chi connectivity index (χ3n) is 4.77. The summed E-state index contributed by atoms with van der Waals surface area (Å²) >= 11 is 0. The van der Waals surface area contributed by atoms with Crippen LogP contribution in [0.2, 0.25) is 0 Å². The molecule has 2 amide bonds. The summed E-state index contributed by atoms with van der Waals surface area (Å²) in [6, 6.07) is 8.83. The Morgan fingerprint density at radius 2 is 1.68 bits per heavy atom. The number of aryl methyl sites for hydroxylation is 1. The summed E-state index contributed by atoms with van der Waals surface area (Å²) in [4.78, 5) is 26.5. The molecular weight excluding hydrogens is 360 g/mol. The summed E-state index contributed by atoms with van der Waals surface area (Å²) in [5, 5.41) is 2.88. The van der Waals surface area contributed by atoms with E-state index in [9.17, 15) is 9.59 Å². The monoisotopic (exact) mass is 384 g/mol. The number of rotatable bonds is 5. The molecule has 0 saturated heterocycles. The molecule has 7 heteroatoms. The maximum absolute atomic E-state index is 12.8. The second kappa shape index (κ2) is 8.21. The SMILES string of the molecule is COc1cc(C(=O)Nc2ccc3c(c2)N(C(C)=O)CCC3)cc(OC)c1OC. The van der Waals surface area contributed by atoms with E-state index in [0.29, 0.717) is 35.0 Å².